The summed E-state index contributed by atoms with van der Waals surface area (Å²) in [5.41, 5.74) is 3.77. The highest BCUT2D eigenvalue weighted by molar-refractivity contribution is 6.12. The highest BCUT2D eigenvalue weighted by atomic mass is 16.2. The number of benzene rings is 2. The number of nitrogens with one attached hydrogen (secondary N) is 2. The van der Waals surface area contributed by atoms with Crippen molar-refractivity contribution in [1.82, 2.24) is 9.78 Å². The van der Waals surface area contributed by atoms with Crippen molar-refractivity contribution < 1.29 is 9.59 Å². The Balaban J connectivity index is 1.82. The molecule has 0 unspecified atom stereocenters. The van der Waals surface area contributed by atoms with Gasteiger partial charge < -0.3 is 10.6 Å². The van der Waals surface area contributed by atoms with Crippen LogP contribution in [0.3, 0.4) is 0 Å². The maximum Gasteiger partial charge on any atom is 0.273 e. The molecule has 0 spiro atoms. The molecule has 0 fully saturated rings. The van der Waals surface area contributed by atoms with Crippen LogP contribution in [0.15, 0.2) is 54.6 Å². The Bertz CT molecular complexity index is 975. The first kappa shape index (κ1) is 17.4. The highest BCUT2D eigenvalue weighted by Gasteiger charge is 2.16. The molecule has 26 heavy (non-hydrogen) atoms. The summed E-state index contributed by atoms with van der Waals surface area (Å²) in [6.07, 6.45) is 0. The van der Waals surface area contributed by atoms with E-state index in [1.807, 2.05) is 38.1 Å². The third-order valence-electron chi connectivity index (χ3n) is 3.93. The molecule has 1 aromatic heterocycles. The second-order valence-corrected chi connectivity index (χ2v) is 6.12. The molecule has 2 amide bonds. The van der Waals surface area contributed by atoms with Crippen LogP contribution in [-0.4, -0.2) is 21.6 Å². The monoisotopic (exact) mass is 348 g/mol. The molecule has 0 atom stereocenters. The molecule has 3 rings (SSSR count). The first-order valence-corrected chi connectivity index (χ1v) is 8.23. The summed E-state index contributed by atoms with van der Waals surface area (Å²) in [6, 6.07) is 16.2. The van der Waals surface area contributed by atoms with Crippen molar-refractivity contribution in [3.8, 4) is 0 Å². The summed E-state index contributed by atoms with van der Waals surface area (Å²) >= 11 is 0. The Morgan fingerprint density at radius 3 is 2.38 bits per heavy atom. The third-order valence-corrected chi connectivity index (χ3v) is 3.93. The molecule has 1 heterocycles. The van der Waals surface area contributed by atoms with Gasteiger partial charge in [0.25, 0.3) is 11.8 Å². The minimum absolute atomic E-state index is 0.285. The minimum atomic E-state index is -0.316. The van der Waals surface area contributed by atoms with E-state index >= 15 is 0 Å². The van der Waals surface area contributed by atoms with Gasteiger partial charge in [-0.25, -0.2) is 0 Å². The van der Waals surface area contributed by atoms with Crippen LogP contribution in [0.4, 0.5) is 11.4 Å². The Morgan fingerprint density at radius 1 is 0.923 bits per heavy atom. The predicted molar refractivity (Wildman–Crippen MR) is 101 cm³/mol. The average Bonchev–Trinajstić information content (AvgIpc) is 2.94. The van der Waals surface area contributed by atoms with E-state index < -0.39 is 0 Å². The van der Waals surface area contributed by atoms with Gasteiger partial charge in [-0.2, -0.15) is 5.10 Å². The molecular formula is C20H20N4O2. The number of aromatic nitrogens is 2. The molecule has 0 aliphatic heterocycles. The number of aryl methyl sites for hydroxylation is 3. The molecule has 2 aromatic carbocycles. The van der Waals surface area contributed by atoms with Gasteiger partial charge in [0.2, 0.25) is 0 Å². The molecule has 2 N–H and O–H groups in total. The summed E-state index contributed by atoms with van der Waals surface area (Å²) in [5.74, 6) is -0.600. The van der Waals surface area contributed by atoms with E-state index in [0.717, 1.165) is 11.3 Å². The van der Waals surface area contributed by atoms with E-state index in [9.17, 15) is 9.59 Å². The van der Waals surface area contributed by atoms with Crippen molar-refractivity contribution in [1.29, 1.82) is 0 Å². The second kappa shape index (κ2) is 7.23. The number of anilines is 2. The van der Waals surface area contributed by atoms with Crippen LogP contribution in [-0.2, 0) is 7.05 Å². The van der Waals surface area contributed by atoms with Crippen LogP contribution >= 0.6 is 0 Å². The highest BCUT2D eigenvalue weighted by Crippen LogP contribution is 2.19. The molecule has 6 heteroatoms. The van der Waals surface area contributed by atoms with Crippen molar-refractivity contribution in [2.75, 3.05) is 10.6 Å². The van der Waals surface area contributed by atoms with Crippen molar-refractivity contribution in [3.63, 3.8) is 0 Å². The Morgan fingerprint density at radius 2 is 1.69 bits per heavy atom. The van der Waals surface area contributed by atoms with Crippen LogP contribution in [0.25, 0.3) is 0 Å². The fourth-order valence-electron chi connectivity index (χ4n) is 2.72. The summed E-state index contributed by atoms with van der Waals surface area (Å²) in [4.78, 5) is 25.2. The van der Waals surface area contributed by atoms with Crippen LogP contribution in [0.1, 0.15) is 32.1 Å². The van der Waals surface area contributed by atoms with Crippen molar-refractivity contribution in [3.05, 3.63) is 77.1 Å². The number of carbonyl (C=O) groups is 2. The number of rotatable bonds is 4. The smallest absolute Gasteiger partial charge is 0.273 e. The largest absolute Gasteiger partial charge is 0.322 e. The fraction of sp³-hybridized carbons (Fsp3) is 0.150. The maximum absolute atomic E-state index is 12.7. The van der Waals surface area contributed by atoms with E-state index in [1.165, 1.54) is 4.68 Å². The summed E-state index contributed by atoms with van der Waals surface area (Å²) < 4.78 is 1.51. The number of nitrogens with zero attached hydrogens (tertiary/aromatic N) is 2. The van der Waals surface area contributed by atoms with E-state index in [-0.39, 0.29) is 11.8 Å². The van der Waals surface area contributed by atoms with E-state index in [4.69, 9.17) is 0 Å². The van der Waals surface area contributed by atoms with Gasteiger partial charge >= 0.3 is 0 Å². The maximum atomic E-state index is 12.7. The lowest BCUT2D eigenvalue weighted by atomic mass is 10.1. The van der Waals surface area contributed by atoms with Crippen molar-refractivity contribution in [2.45, 2.75) is 13.8 Å². The molecular weight excluding hydrogens is 328 g/mol. The van der Waals surface area contributed by atoms with Crippen molar-refractivity contribution >= 4 is 23.2 Å². The molecule has 0 bridgehead atoms. The lowest BCUT2D eigenvalue weighted by molar-refractivity contribution is 0.101. The van der Waals surface area contributed by atoms with Gasteiger partial charge in [0, 0.05) is 12.7 Å². The number of carbonyl (C=O) groups excluding carboxylic acids is 2. The lowest BCUT2D eigenvalue weighted by Crippen LogP contribution is -2.20. The standard InChI is InChI=1S/C20H20N4O2/c1-13-7-6-8-15(11-13)21-19(25)16-9-4-5-10-17(16)22-20(26)18-12-14(2)23-24(18)3/h4-12H,1-3H3,(H,21,25)(H,22,26). The summed E-state index contributed by atoms with van der Waals surface area (Å²) in [7, 11) is 1.71. The first-order valence-electron chi connectivity index (χ1n) is 8.23. The minimum Gasteiger partial charge on any atom is -0.322 e. The lowest BCUT2D eigenvalue weighted by Gasteiger charge is -2.12. The van der Waals surface area contributed by atoms with Gasteiger partial charge in [-0.1, -0.05) is 24.3 Å². The fourth-order valence-corrected chi connectivity index (χ4v) is 2.72. The van der Waals surface area contributed by atoms with Gasteiger partial charge in [-0.15, -0.1) is 0 Å². The molecule has 0 aliphatic rings. The van der Waals surface area contributed by atoms with Gasteiger partial charge in [0.15, 0.2) is 0 Å². The number of para-hydroxylation sites is 1. The van der Waals surface area contributed by atoms with Crippen LogP contribution in [0.5, 0.6) is 0 Å². The zero-order valence-corrected chi connectivity index (χ0v) is 14.9. The average molecular weight is 348 g/mol. The van der Waals surface area contributed by atoms with E-state index in [2.05, 4.69) is 15.7 Å². The Hall–Kier alpha value is -3.41. The second-order valence-electron chi connectivity index (χ2n) is 6.12. The number of hydrogen-bond donors (Lipinski definition) is 2. The Labute approximate surface area is 151 Å². The predicted octanol–water partition coefficient (Wildman–Crippen LogP) is 3.54. The third kappa shape index (κ3) is 3.80. The van der Waals surface area contributed by atoms with Crippen LogP contribution in [0, 0.1) is 13.8 Å². The van der Waals surface area contributed by atoms with E-state index in [1.54, 1.807) is 37.4 Å². The molecule has 0 aliphatic carbocycles. The number of amides is 2. The van der Waals surface area contributed by atoms with Gasteiger partial charge in [0.05, 0.1) is 16.9 Å². The molecule has 0 saturated carbocycles. The van der Waals surface area contributed by atoms with Crippen molar-refractivity contribution in [2.24, 2.45) is 7.05 Å². The van der Waals surface area contributed by atoms with Gasteiger partial charge in [-0.3, -0.25) is 14.3 Å². The first-order chi connectivity index (χ1) is 12.4. The zero-order valence-electron chi connectivity index (χ0n) is 14.9. The van der Waals surface area contributed by atoms with E-state index in [0.29, 0.717) is 22.6 Å². The van der Waals surface area contributed by atoms with Gasteiger partial charge in [0.1, 0.15) is 5.69 Å². The van der Waals surface area contributed by atoms with Crippen LogP contribution in [0.2, 0.25) is 0 Å². The molecule has 6 nitrogen and oxygen atoms in total. The summed E-state index contributed by atoms with van der Waals surface area (Å²) in [5, 5.41) is 9.83. The normalized spacial score (nSPS) is 10.4. The molecule has 0 radical (unpaired) electrons. The van der Waals surface area contributed by atoms with Crippen LogP contribution < -0.4 is 10.6 Å². The summed E-state index contributed by atoms with van der Waals surface area (Å²) in [6.45, 7) is 3.78. The SMILES string of the molecule is Cc1cccc(NC(=O)c2ccccc2NC(=O)c2cc(C)nn2C)c1. The quantitative estimate of drug-likeness (QED) is 0.757. The molecule has 3 aromatic rings. The number of hydrogen-bond acceptors (Lipinski definition) is 3. The topological polar surface area (TPSA) is 76.0 Å². The molecule has 0 saturated heterocycles. The van der Waals surface area contributed by atoms with Gasteiger partial charge in [-0.05, 0) is 49.7 Å². The zero-order chi connectivity index (χ0) is 18.7. The Kier molecular flexibility index (Phi) is 4.84. The molecule has 132 valence electrons.